The largest absolute Gasteiger partial charge is 0.369 e. The van der Waals surface area contributed by atoms with Gasteiger partial charge in [0.05, 0.1) is 11.4 Å². The fraction of sp³-hybridized carbons (Fsp3) is 0.371. The molecule has 49 heavy (non-hydrogen) atoms. The molecular formula is C35H50Cl2N12. The molecule has 0 bridgehead atoms. The van der Waals surface area contributed by atoms with E-state index in [1.807, 2.05) is 54.8 Å². The van der Waals surface area contributed by atoms with E-state index in [0.29, 0.717) is 60.4 Å². The molecule has 0 radical (unpaired) electrons. The van der Waals surface area contributed by atoms with Crippen molar-refractivity contribution < 1.29 is 0 Å². The molecule has 12 nitrogen and oxygen atoms in total. The summed E-state index contributed by atoms with van der Waals surface area (Å²) in [5.41, 5.74) is 40.5. The Bertz CT molecular complexity index is 1610. The van der Waals surface area contributed by atoms with Crippen LogP contribution in [-0.2, 0) is 13.1 Å². The molecule has 12 N–H and O–H groups in total. The van der Waals surface area contributed by atoms with E-state index in [1.165, 1.54) is 0 Å². The summed E-state index contributed by atoms with van der Waals surface area (Å²) < 4.78 is 0. The van der Waals surface area contributed by atoms with Gasteiger partial charge in [-0.05, 0) is 99.7 Å². The third-order valence-corrected chi connectivity index (χ3v) is 8.31. The fourth-order valence-electron chi connectivity index (χ4n) is 4.45. The lowest BCUT2D eigenvalue weighted by molar-refractivity contribution is 0.326. The van der Waals surface area contributed by atoms with Crippen molar-refractivity contribution in [3.05, 3.63) is 94.0 Å². The molecule has 14 heteroatoms. The van der Waals surface area contributed by atoms with Gasteiger partial charge in [-0.1, -0.05) is 54.4 Å². The lowest BCUT2D eigenvalue weighted by Gasteiger charge is -2.29. The Hall–Kier alpha value is -4.36. The van der Waals surface area contributed by atoms with Crippen molar-refractivity contribution in [1.29, 1.82) is 0 Å². The fourth-order valence-corrected chi connectivity index (χ4v) is 4.70. The highest BCUT2D eigenvalue weighted by Crippen LogP contribution is 2.19. The summed E-state index contributed by atoms with van der Waals surface area (Å²) in [7, 11) is 0. The molecule has 0 saturated heterocycles. The SMILES string of the molecule is CCC(C)(N)CCN(Cc1ccc(CN(CCC(C)(C)N)/C(N)=N/C(N)=Nc2ccc(Cl)cc2)cc1)/C(N)=N/C(N)=Nc1ccc(Cl)cc1. The van der Waals surface area contributed by atoms with Crippen molar-refractivity contribution in [1.82, 2.24) is 9.80 Å². The summed E-state index contributed by atoms with van der Waals surface area (Å²) in [6, 6.07) is 22.1. The van der Waals surface area contributed by atoms with Crippen LogP contribution in [0.4, 0.5) is 11.4 Å². The normalized spacial score (nSPS) is 14.4. The summed E-state index contributed by atoms with van der Waals surface area (Å²) in [4.78, 5) is 21.3. The molecule has 3 aromatic rings. The Morgan fingerprint density at radius 1 is 0.612 bits per heavy atom. The molecule has 0 aliphatic carbocycles. The molecule has 0 aliphatic rings. The highest BCUT2D eigenvalue weighted by molar-refractivity contribution is 6.30. The zero-order valence-electron chi connectivity index (χ0n) is 28.8. The first-order valence-corrected chi connectivity index (χ1v) is 16.8. The summed E-state index contributed by atoms with van der Waals surface area (Å²) in [5, 5.41) is 1.21. The predicted molar refractivity (Wildman–Crippen MR) is 206 cm³/mol. The molecule has 1 atom stereocenters. The van der Waals surface area contributed by atoms with E-state index in [4.69, 9.17) is 57.6 Å². The van der Waals surface area contributed by atoms with Crippen molar-refractivity contribution >= 4 is 58.4 Å². The number of nitrogens with two attached hydrogens (primary N) is 6. The Kier molecular flexibility index (Phi) is 14.3. The van der Waals surface area contributed by atoms with Gasteiger partial charge in [0.1, 0.15) is 0 Å². The lowest BCUT2D eigenvalue weighted by Crippen LogP contribution is -2.44. The zero-order valence-corrected chi connectivity index (χ0v) is 30.3. The second-order valence-corrected chi connectivity index (χ2v) is 13.9. The average Bonchev–Trinajstić information content (AvgIpc) is 3.03. The number of rotatable bonds is 13. The average molecular weight is 710 g/mol. The monoisotopic (exact) mass is 708 g/mol. The maximum atomic E-state index is 6.49. The van der Waals surface area contributed by atoms with Crippen molar-refractivity contribution in [2.45, 2.75) is 71.1 Å². The van der Waals surface area contributed by atoms with E-state index < -0.39 is 5.54 Å². The van der Waals surface area contributed by atoms with Crippen LogP contribution in [0, 0.1) is 0 Å². The summed E-state index contributed by atoms with van der Waals surface area (Å²) in [5.74, 6) is 0.535. The van der Waals surface area contributed by atoms with Crippen LogP contribution in [0.5, 0.6) is 0 Å². The third kappa shape index (κ3) is 14.3. The minimum atomic E-state index is -0.406. The van der Waals surface area contributed by atoms with Gasteiger partial charge in [-0.3, -0.25) is 0 Å². The van der Waals surface area contributed by atoms with Gasteiger partial charge in [0.2, 0.25) is 11.9 Å². The van der Waals surface area contributed by atoms with E-state index in [1.54, 1.807) is 48.5 Å². The topological polar surface area (TPSA) is 212 Å². The van der Waals surface area contributed by atoms with Gasteiger partial charge in [0.15, 0.2) is 11.9 Å². The Morgan fingerprint density at radius 2 is 0.980 bits per heavy atom. The van der Waals surface area contributed by atoms with Crippen LogP contribution in [0.3, 0.4) is 0 Å². The molecule has 0 amide bonds. The van der Waals surface area contributed by atoms with Gasteiger partial charge in [-0.15, -0.1) is 0 Å². The maximum absolute atomic E-state index is 6.49. The molecule has 0 saturated carbocycles. The molecule has 264 valence electrons. The number of guanidine groups is 4. The minimum absolute atomic E-state index is 0.0296. The zero-order chi connectivity index (χ0) is 36.2. The second kappa shape index (κ2) is 17.9. The van der Waals surface area contributed by atoms with E-state index in [-0.39, 0.29) is 29.4 Å². The molecule has 3 aromatic carbocycles. The summed E-state index contributed by atoms with van der Waals surface area (Å²) in [6.07, 6.45) is 2.18. The molecule has 3 rings (SSSR count). The Balaban J connectivity index is 1.80. The van der Waals surface area contributed by atoms with Crippen molar-refractivity contribution in [3.8, 4) is 0 Å². The van der Waals surface area contributed by atoms with E-state index in [9.17, 15) is 0 Å². The number of hydrogen-bond acceptors (Lipinski definition) is 4. The molecule has 0 aromatic heterocycles. The van der Waals surface area contributed by atoms with Crippen LogP contribution in [0.1, 0.15) is 58.1 Å². The highest BCUT2D eigenvalue weighted by Gasteiger charge is 2.20. The molecule has 0 heterocycles. The molecule has 0 aliphatic heterocycles. The summed E-state index contributed by atoms with van der Waals surface area (Å²) >= 11 is 12.0. The smallest absolute Gasteiger partial charge is 0.223 e. The third-order valence-electron chi connectivity index (χ3n) is 7.80. The van der Waals surface area contributed by atoms with Gasteiger partial charge in [-0.2, -0.15) is 9.98 Å². The van der Waals surface area contributed by atoms with E-state index in [2.05, 4.69) is 26.9 Å². The Labute approximate surface area is 299 Å². The number of aliphatic imine (C=N–C) groups is 4. The summed E-state index contributed by atoms with van der Waals surface area (Å²) in [6.45, 7) is 10.1. The standard InChI is InChI=1S/C35H50Cl2N12/c1-5-35(4,43)19-21-49(33(41)47-31(39)45-29-16-12-27(37)13-17-29)23-25-8-6-24(7-9-25)22-48(20-18-34(2,3)42)32(40)46-30(38)44-28-14-10-26(36)11-15-28/h6-17H,5,18-23,42-43H2,1-4H3,(H4,38,40,44,46)(H4,39,41,45,47). The van der Waals surface area contributed by atoms with Gasteiger partial charge >= 0.3 is 0 Å². The van der Waals surface area contributed by atoms with Gasteiger partial charge in [0, 0.05) is 47.3 Å². The second-order valence-electron chi connectivity index (χ2n) is 13.0. The maximum Gasteiger partial charge on any atom is 0.223 e. The van der Waals surface area contributed by atoms with Gasteiger partial charge < -0.3 is 44.2 Å². The first-order chi connectivity index (χ1) is 23.0. The van der Waals surface area contributed by atoms with Crippen LogP contribution < -0.4 is 34.4 Å². The first-order valence-electron chi connectivity index (χ1n) is 16.0. The van der Waals surface area contributed by atoms with E-state index in [0.717, 1.165) is 17.5 Å². The molecular weight excluding hydrogens is 659 g/mol. The molecule has 0 spiro atoms. The van der Waals surface area contributed by atoms with E-state index >= 15 is 0 Å². The number of nitrogens with zero attached hydrogens (tertiary/aromatic N) is 6. The number of benzene rings is 3. The molecule has 0 fully saturated rings. The highest BCUT2D eigenvalue weighted by atomic mass is 35.5. The predicted octanol–water partition coefficient (Wildman–Crippen LogP) is 5.16. The van der Waals surface area contributed by atoms with Crippen molar-refractivity contribution in [2.75, 3.05) is 13.1 Å². The van der Waals surface area contributed by atoms with Crippen LogP contribution in [-0.4, -0.2) is 57.8 Å². The Morgan fingerprint density at radius 3 is 1.33 bits per heavy atom. The lowest BCUT2D eigenvalue weighted by atomic mass is 9.96. The number of halogens is 2. The van der Waals surface area contributed by atoms with Crippen LogP contribution >= 0.6 is 23.2 Å². The molecule has 1 unspecified atom stereocenters. The minimum Gasteiger partial charge on any atom is -0.369 e. The van der Waals surface area contributed by atoms with Crippen LogP contribution in [0.15, 0.2) is 92.8 Å². The first kappa shape index (κ1) is 39.1. The van der Waals surface area contributed by atoms with Crippen molar-refractivity contribution in [3.63, 3.8) is 0 Å². The number of hydrogen-bond donors (Lipinski definition) is 6. The van der Waals surface area contributed by atoms with Gasteiger partial charge in [-0.25, -0.2) is 9.98 Å². The van der Waals surface area contributed by atoms with Crippen LogP contribution in [0.2, 0.25) is 10.0 Å². The quantitative estimate of drug-likeness (QED) is 0.103. The van der Waals surface area contributed by atoms with Crippen molar-refractivity contribution in [2.24, 2.45) is 54.4 Å². The van der Waals surface area contributed by atoms with Crippen LogP contribution in [0.25, 0.3) is 0 Å². The van der Waals surface area contributed by atoms with Gasteiger partial charge in [0.25, 0.3) is 0 Å².